The first-order valence-corrected chi connectivity index (χ1v) is 7.11. The van der Waals surface area contributed by atoms with E-state index >= 15 is 0 Å². The van der Waals surface area contributed by atoms with Gasteiger partial charge in [-0.3, -0.25) is 0 Å². The molecular formula is C18H23N. The molecule has 0 aromatic heterocycles. The first-order valence-electron chi connectivity index (χ1n) is 7.11. The molecule has 1 nitrogen and oxygen atoms in total. The Hall–Kier alpha value is -1.60. The summed E-state index contributed by atoms with van der Waals surface area (Å²) in [6.07, 6.45) is 2.15. The van der Waals surface area contributed by atoms with Gasteiger partial charge in [-0.25, -0.2) is 0 Å². The second-order valence-electron chi connectivity index (χ2n) is 5.05. The summed E-state index contributed by atoms with van der Waals surface area (Å²) in [4.78, 5) is 0. The van der Waals surface area contributed by atoms with Crippen LogP contribution in [-0.2, 0) is 19.4 Å². The summed E-state index contributed by atoms with van der Waals surface area (Å²) in [5.74, 6) is 0. The van der Waals surface area contributed by atoms with Crippen LogP contribution in [0.1, 0.15) is 36.1 Å². The highest BCUT2D eigenvalue weighted by Crippen LogP contribution is 2.29. The molecule has 0 unspecified atom stereocenters. The Balaban J connectivity index is 2.56. The monoisotopic (exact) mass is 253 g/mol. The molecule has 2 aromatic rings. The highest BCUT2D eigenvalue weighted by atomic mass is 14.5. The van der Waals surface area contributed by atoms with E-state index in [1.165, 1.54) is 33.4 Å². The molecule has 0 aliphatic heterocycles. The van der Waals surface area contributed by atoms with Crippen molar-refractivity contribution >= 4 is 0 Å². The molecule has 0 heterocycles. The Morgan fingerprint density at radius 1 is 0.842 bits per heavy atom. The Bertz CT molecular complexity index is 570. The Labute approximate surface area is 116 Å². The summed E-state index contributed by atoms with van der Waals surface area (Å²) in [7, 11) is 0. The van der Waals surface area contributed by atoms with Crippen molar-refractivity contribution in [2.24, 2.45) is 5.73 Å². The van der Waals surface area contributed by atoms with Gasteiger partial charge in [0.15, 0.2) is 0 Å². The van der Waals surface area contributed by atoms with E-state index in [1.54, 1.807) is 0 Å². The van der Waals surface area contributed by atoms with Crippen molar-refractivity contribution in [3.63, 3.8) is 0 Å². The predicted molar refractivity (Wildman–Crippen MR) is 83.3 cm³/mol. The molecule has 2 aromatic carbocycles. The highest BCUT2D eigenvalue weighted by molar-refractivity contribution is 5.71. The third kappa shape index (κ3) is 2.87. The maximum atomic E-state index is 5.71. The lowest BCUT2D eigenvalue weighted by atomic mass is 9.91. The van der Waals surface area contributed by atoms with Crippen molar-refractivity contribution in [1.29, 1.82) is 0 Å². The normalized spacial score (nSPS) is 10.7. The summed E-state index contributed by atoms with van der Waals surface area (Å²) in [5, 5.41) is 0. The molecule has 19 heavy (non-hydrogen) atoms. The second-order valence-corrected chi connectivity index (χ2v) is 5.05. The van der Waals surface area contributed by atoms with Crippen LogP contribution in [0.4, 0.5) is 0 Å². The minimum absolute atomic E-state index is 0.608. The Morgan fingerprint density at radius 2 is 1.58 bits per heavy atom. The molecule has 0 aliphatic rings. The zero-order valence-electron chi connectivity index (χ0n) is 12.2. The number of aryl methyl sites for hydroxylation is 3. The van der Waals surface area contributed by atoms with Gasteiger partial charge in [-0.05, 0) is 53.1 Å². The smallest absolute Gasteiger partial charge is 0.0178 e. The molecule has 0 saturated heterocycles. The molecule has 2 rings (SSSR count). The van der Waals surface area contributed by atoms with E-state index < -0.39 is 0 Å². The highest BCUT2D eigenvalue weighted by Gasteiger charge is 2.08. The Kier molecular flexibility index (Phi) is 4.39. The summed E-state index contributed by atoms with van der Waals surface area (Å²) < 4.78 is 0. The van der Waals surface area contributed by atoms with Gasteiger partial charge in [-0.15, -0.1) is 0 Å². The van der Waals surface area contributed by atoms with E-state index in [-0.39, 0.29) is 0 Å². The van der Waals surface area contributed by atoms with E-state index in [1.807, 2.05) is 0 Å². The number of hydrogen-bond acceptors (Lipinski definition) is 1. The first kappa shape index (κ1) is 13.8. The SMILES string of the molecule is CCc1ccc(CC)c(-c2ccc(CN)cc2C)c1. The van der Waals surface area contributed by atoms with E-state index in [0.717, 1.165) is 12.8 Å². The molecule has 100 valence electrons. The van der Waals surface area contributed by atoms with Crippen LogP contribution in [0.5, 0.6) is 0 Å². The minimum atomic E-state index is 0.608. The topological polar surface area (TPSA) is 26.0 Å². The Morgan fingerprint density at radius 3 is 2.16 bits per heavy atom. The van der Waals surface area contributed by atoms with Crippen LogP contribution >= 0.6 is 0 Å². The van der Waals surface area contributed by atoms with Crippen molar-refractivity contribution in [2.75, 3.05) is 0 Å². The third-order valence-corrected chi connectivity index (χ3v) is 3.78. The van der Waals surface area contributed by atoms with Crippen molar-refractivity contribution in [1.82, 2.24) is 0 Å². The lowest BCUT2D eigenvalue weighted by Gasteiger charge is -2.13. The van der Waals surface area contributed by atoms with Gasteiger partial charge in [0.25, 0.3) is 0 Å². The molecule has 0 radical (unpaired) electrons. The average molecular weight is 253 g/mol. The predicted octanol–water partition coefficient (Wildman–Crippen LogP) is 4.25. The van der Waals surface area contributed by atoms with Crippen LogP contribution in [0.3, 0.4) is 0 Å². The van der Waals surface area contributed by atoms with E-state index in [0.29, 0.717) is 6.54 Å². The van der Waals surface area contributed by atoms with Gasteiger partial charge < -0.3 is 5.73 Å². The molecular weight excluding hydrogens is 230 g/mol. The standard InChI is InChI=1S/C18H23N/c1-4-14-6-8-16(5-2)18(11-14)17-9-7-15(12-19)10-13(17)3/h6-11H,4-5,12,19H2,1-3H3. The fraction of sp³-hybridized carbons (Fsp3) is 0.333. The second kappa shape index (κ2) is 6.03. The lowest BCUT2D eigenvalue weighted by Crippen LogP contribution is -1.98. The van der Waals surface area contributed by atoms with Crippen LogP contribution in [-0.4, -0.2) is 0 Å². The van der Waals surface area contributed by atoms with E-state index in [2.05, 4.69) is 57.2 Å². The van der Waals surface area contributed by atoms with Gasteiger partial charge >= 0.3 is 0 Å². The molecule has 0 saturated carbocycles. The quantitative estimate of drug-likeness (QED) is 0.866. The van der Waals surface area contributed by atoms with Gasteiger partial charge in [0.05, 0.1) is 0 Å². The lowest BCUT2D eigenvalue weighted by molar-refractivity contribution is 1.06. The maximum absolute atomic E-state index is 5.71. The van der Waals surface area contributed by atoms with Crippen LogP contribution in [0.15, 0.2) is 36.4 Å². The van der Waals surface area contributed by atoms with Gasteiger partial charge in [0.1, 0.15) is 0 Å². The summed E-state index contributed by atoms with van der Waals surface area (Å²) >= 11 is 0. The van der Waals surface area contributed by atoms with Gasteiger partial charge in [-0.1, -0.05) is 50.2 Å². The van der Waals surface area contributed by atoms with Crippen LogP contribution < -0.4 is 5.73 Å². The molecule has 0 atom stereocenters. The fourth-order valence-electron chi connectivity index (χ4n) is 2.56. The third-order valence-electron chi connectivity index (χ3n) is 3.78. The molecule has 0 amide bonds. The summed E-state index contributed by atoms with van der Waals surface area (Å²) in [6, 6.07) is 13.4. The average Bonchev–Trinajstić information content (AvgIpc) is 2.46. The molecule has 0 spiro atoms. The van der Waals surface area contributed by atoms with Crippen molar-refractivity contribution < 1.29 is 0 Å². The largest absolute Gasteiger partial charge is 0.326 e. The van der Waals surface area contributed by atoms with Crippen molar-refractivity contribution in [3.8, 4) is 11.1 Å². The van der Waals surface area contributed by atoms with E-state index in [4.69, 9.17) is 5.73 Å². The van der Waals surface area contributed by atoms with Crippen molar-refractivity contribution in [3.05, 3.63) is 58.7 Å². The number of hydrogen-bond donors (Lipinski definition) is 1. The summed E-state index contributed by atoms with van der Waals surface area (Å²) in [5.41, 5.74) is 13.8. The van der Waals surface area contributed by atoms with E-state index in [9.17, 15) is 0 Å². The molecule has 0 fully saturated rings. The van der Waals surface area contributed by atoms with Crippen molar-refractivity contribution in [2.45, 2.75) is 40.2 Å². The molecule has 1 heteroatoms. The zero-order valence-corrected chi connectivity index (χ0v) is 12.2. The number of nitrogens with two attached hydrogens (primary N) is 1. The first-order chi connectivity index (χ1) is 9.19. The maximum Gasteiger partial charge on any atom is 0.0178 e. The van der Waals surface area contributed by atoms with Gasteiger partial charge in [0.2, 0.25) is 0 Å². The van der Waals surface area contributed by atoms with Crippen LogP contribution in [0, 0.1) is 6.92 Å². The number of rotatable bonds is 4. The van der Waals surface area contributed by atoms with Gasteiger partial charge in [-0.2, -0.15) is 0 Å². The molecule has 0 aliphatic carbocycles. The van der Waals surface area contributed by atoms with Crippen LogP contribution in [0.2, 0.25) is 0 Å². The molecule has 0 bridgehead atoms. The number of benzene rings is 2. The minimum Gasteiger partial charge on any atom is -0.326 e. The molecule has 2 N–H and O–H groups in total. The fourth-order valence-corrected chi connectivity index (χ4v) is 2.56. The zero-order chi connectivity index (χ0) is 13.8. The summed E-state index contributed by atoms with van der Waals surface area (Å²) in [6.45, 7) is 7.20. The van der Waals surface area contributed by atoms with Crippen LogP contribution in [0.25, 0.3) is 11.1 Å². The van der Waals surface area contributed by atoms with Gasteiger partial charge in [0, 0.05) is 6.54 Å².